The van der Waals surface area contributed by atoms with Gasteiger partial charge in [0.15, 0.2) is 0 Å². The summed E-state index contributed by atoms with van der Waals surface area (Å²) in [7, 11) is 1.34. The van der Waals surface area contributed by atoms with Crippen molar-refractivity contribution in [2.75, 3.05) is 20.3 Å². The molecule has 1 saturated heterocycles. The summed E-state index contributed by atoms with van der Waals surface area (Å²) in [5, 5.41) is 3.77. The van der Waals surface area contributed by atoms with Gasteiger partial charge >= 0.3 is 5.97 Å². The highest BCUT2D eigenvalue weighted by molar-refractivity contribution is 6.32. The molecule has 18 heavy (non-hydrogen) atoms. The number of benzene rings is 1. The van der Waals surface area contributed by atoms with E-state index in [0.29, 0.717) is 29.0 Å². The molecular formula is C13H16ClNO3. The van der Waals surface area contributed by atoms with Gasteiger partial charge in [0.1, 0.15) is 12.4 Å². The first-order valence-electron chi connectivity index (χ1n) is 5.95. The number of methoxy groups -OCH3 is 1. The first-order valence-corrected chi connectivity index (χ1v) is 6.32. The third-order valence-electron chi connectivity index (χ3n) is 2.96. The molecule has 0 aliphatic carbocycles. The number of hydrogen-bond acceptors (Lipinski definition) is 4. The van der Waals surface area contributed by atoms with Crippen LogP contribution in [-0.2, 0) is 4.74 Å². The number of rotatable bonds is 4. The number of carbonyl (C=O) groups excluding carboxylic acids is 1. The molecule has 1 unspecified atom stereocenters. The van der Waals surface area contributed by atoms with Gasteiger partial charge in [-0.15, -0.1) is 0 Å². The SMILES string of the molecule is COC(=O)c1ccc(OCC2CCCN2)c(Cl)c1. The van der Waals surface area contributed by atoms with E-state index in [9.17, 15) is 4.79 Å². The summed E-state index contributed by atoms with van der Waals surface area (Å²) in [6, 6.07) is 5.30. The van der Waals surface area contributed by atoms with Crippen LogP contribution in [-0.4, -0.2) is 32.3 Å². The third kappa shape index (κ3) is 3.15. The minimum absolute atomic E-state index is 0.390. The lowest BCUT2D eigenvalue weighted by Gasteiger charge is -2.13. The van der Waals surface area contributed by atoms with Crippen molar-refractivity contribution < 1.29 is 14.3 Å². The summed E-state index contributed by atoms with van der Waals surface area (Å²) >= 11 is 6.06. The minimum Gasteiger partial charge on any atom is -0.490 e. The van der Waals surface area contributed by atoms with E-state index < -0.39 is 5.97 Å². The molecule has 0 spiro atoms. The van der Waals surface area contributed by atoms with Crippen molar-refractivity contribution >= 4 is 17.6 Å². The molecule has 1 heterocycles. The van der Waals surface area contributed by atoms with Crippen molar-refractivity contribution in [1.29, 1.82) is 0 Å². The Balaban J connectivity index is 1.98. The summed E-state index contributed by atoms with van der Waals surface area (Å²) < 4.78 is 10.3. The van der Waals surface area contributed by atoms with Crippen LogP contribution in [0.25, 0.3) is 0 Å². The third-order valence-corrected chi connectivity index (χ3v) is 3.25. The molecule has 0 saturated carbocycles. The second-order valence-corrected chi connectivity index (χ2v) is 4.65. The van der Waals surface area contributed by atoms with E-state index in [1.807, 2.05) is 0 Å². The predicted octanol–water partition coefficient (Wildman–Crippen LogP) is 2.26. The summed E-state index contributed by atoms with van der Waals surface area (Å²) in [6.07, 6.45) is 2.31. The molecular weight excluding hydrogens is 254 g/mol. The van der Waals surface area contributed by atoms with E-state index in [1.54, 1.807) is 18.2 Å². The Hall–Kier alpha value is -1.26. The lowest BCUT2D eigenvalue weighted by atomic mass is 10.2. The normalized spacial score (nSPS) is 18.7. The molecule has 1 aliphatic rings. The number of carbonyl (C=O) groups is 1. The van der Waals surface area contributed by atoms with Crippen LogP contribution in [0.1, 0.15) is 23.2 Å². The second-order valence-electron chi connectivity index (χ2n) is 4.24. The van der Waals surface area contributed by atoms with Gasteiger partial charge in [-0.25, -0.2) is 4.79 Å². The van der Waals surface area contributed by atoms with E-state index in [-0.39, 0.29) is 0 Å². The number of ether oxygens (including phenoxy) is 2. The maximum atomic E-state index is 11.3. The van der Waals surface area contributed by atoms with Crippen LogP contribution in [0.4, 0.5) is 0 Å². The fraction of sp³-hybridized carbons (Fsp3) is 0.462. The molecule has 1 atom stereocenters. The highest BCUT2D eigenvalue weighted by Gasteiger charge is 2.15. The van der Waals surface area contributed by atoms with E-state index in [2.05, 4.69) is 10.1 Å². The molecule has 98 valence electrons. The Labute approximate surface area is 111 Å². The number of hydrogen-bond donors (Lipinski definition) is 1. The van der Waals surface area contributed by atoms with Crippen LogP contribution < -0.4 is 10.1 Å². The van der Waals surface area contributed by atoms with Gasteiger partial charge in [0, 0.05) is 6.04 Å². The lowest BCUT2D eigenvalue weighted by molar-refractivity contribution is 0.0600. The molecule has 1 aromatic rings. The van der Waals surface area contributed by atoms with Crippen molar-refractivity contribution in [3.63, 3.8) is 0 Å². The van der Waals surface area contributed by atoms with E-state index >= 15 is 0 Å². The van der Waals surface area contributed by atoms with Gasteiger partial charge in [-0.3, -0.25) is 0 Å². The molecule has 0 bridgehead atoms. The van der Waals surface area contributed by atoms with Gasteiger partial charge in [0.2, 0.25) is 0 Å². The van der Waals surface area contributed by atoms with Gasteiger partial charge in [0.05, 0.1) is 17.7 Å². The van der Waals surface area contributed by atoms with Crippen LogP contribution in [0.5, 0.6) is 5.75 Å². The Morgan fingerprint density at radius 1 is 1.56 bits per heavy atom. The number of esters is 1. The summed E-state index contributed by atoms with van der Waals surface area (Å²) in [4.78, 5) is 11.3. The first kappa shape index (κ1) is 13.2. The number of nitrogens with one attached hydrogen (secondary N) is 1. The lowest BCUT2D eigenvalue weighted by Crippen LogP contribution is -2.28. The molecule has 1 aliphatic heterocycles. The standard InChI is InChI=1S/C13H16ClNO3/c1-17-13(16)9-4-5-12(11(14)7-9)18-8-10-3-2-6-15-10/h4-5,7,10,15H,2-3,6,8H2,1H3. The Morgan fingerprint density at radius 3 is 3.00 bits per heavy atom. The van der Waals surface area contributed by atoms with Gasteiger partial charge in [-0.05, 0) is 37.6 Å². The molecule has 0 aromatic heterocycles. The van der Waals surface area contributed by atoms with Crippen LogP contribution in [0.15, 0.2) is 18.2 Å². The van der Waals surface area contributed by atoms with E-state index in [1.165, 1.54) is 13.5 Å². The fourth-order valence-electron chi connectivity index (χ4n) is 1.95. The zero-order chi connectivity index (χ0) is 13.0. The quantitative estimate of drug-likeness (QED) is 0.852. The predicted molar refractivity (Wildman–Crippen MR) is 69.3 cm³/mol. The summed E-state index contributed by atoms with van der Waals surface area (Å²) in [6.45, 7) is 1.64. The first-order chi connectivity index (χ1) is 8.70. The van der Waals surface area contributed by atoms with Crippen LogP contribution in [0, 0.1) is 0 Å². The van der Waals surface area contributed by atoms with E-state index in [4.69, 9.17) is 16.3 Å². The van der Waals surface area contributed by atoms with Crippen LogP contribution in [0.2, 0.25) is 5.02 Å². The van der Waals surface area contributed by atoms with Gasteiger partial charge in [0.25, 0.3) is 0 Å². The Bertz CT molecular complexity index is 430. The van der Waals surface area contributed by atoms with Crippen molar-refractivity contribution in [3.8, 4) is 5.75 Å². The summed E-state index contributed by atoms with van der Waals surface area (Å²) in [5.41, 5.74) is 0.425. The smallest absolute Gasteiger partial charge is 0.337 e. The maximum absolute atomic E-state index is 11.3. The fourth-order valence-corrected chi connectivity index (χ4v) is 2.19. The molecule has 2 rings (SSSR count). The van der Waals surface area contributed by atoms with Gasteiger partial charge in [-0.2, -0.15) is 0 Å². The average Bonchev–Trinajstić information content (AvgIpc) is 2.89. The molecule has 0 amide bonds. The van der Waals surface area contributed by atoms with Crippen LogP contribution in [0.3, 0.4) is 0 Å². The molecule has 1 N–H and O–H groups in total. The van der Waals surface area contributed by atoms with E-state index in [0.717, 1.165) is 13.0 Å². The second kappa shape index (κ2) is 6.07. The topological polar surface area (TPSA) is 47.6 Å². The monoisotopic (exact) mass is 269 g/mol. The Morgan fingerprint density at radius 2 is 2.39 bits per heavy atom. The molecule has 4 nitrogen and oxygen atoms in total. The maximum Gasteiger partial charge on any atom is 0.337 e. The Kier molecular flexibility index (Phi) is 4.44. The zero-order valence-electron chi connectivity index (χ0n) is 10.2. The number of halogens is 1. The minimum atomic E-state index is -0.402. The van der Waals surface area contributed by atoms with Gasteiger partial charge < -0.3 is 14.8 Å². The highest BCUT2D eigenvalue weighted by Crippen LogP contribution is 2.26. The average molecular weight is 270 g/mol. The molecule has 5 heteroatoms. The summed E-state index contributed by atoms with van der Waals surface area (Å²) in [5.74, 6) is 0.193. The van der Waals surface area contributed by atoms with Crippen molar-refractivity contribution in [3.05, 3.63) is 28.8 Å². The van der Waals surface area contributed by atoms with Crippen molar-refractivity contribution in [2.45, 2.75) is 18.9 Å². The van der Waals surface area contributed by atoms with Gasteiger partial charge in [-0.1, -0.05) is 11.6 Å². The molecule has 1 fully saturated rings. The highest BCUT2D eigenvalue weighted by atomic mass is 35.5. The largest absolute Gasteiger partial charge is 0.490 e. The van der Waals surface area contributed by atoms with Crippen LogP contribution >= 0.6 is 11.6 Å². The van der Waals surface area contributed by atoms with Crippen molar-refractivity contribution in [1.82, 2.24) is 5.32 Å². The molecule has 1 aromatic carbocycles. The zero-order valence-corrected chi connectivity index (χ0v) is 11.0. The van der Waals surface area contributed by atoms with Crippen molar-refractivity contribution in [2.24, 2.45) is 0 Å². The molecule has 0 radical (unpaired) electrons.